The Morgan fingerprint density at radius 3 is 2.56 bits per heavy atom. The largest absolute Gasteiger partial charge is 0.494 e. The summed E-state index contributed by atoms with van der Waals surface area (Å²) in [6.07, 6.45) is 4.27. The molecule has 0 saturated heterocycles. The lowest BCUT2D eigenvalue weighted by Gasteiger charge is -2.10. The van der Waals surface area contributed by atoms with Crippen LogP contribution in [0.1, 0.15) is 37.9 Å². The number of benzene rings is 3. The van der Waals surface area contributed by atoms with Crippen molar-refractivity contribution in [1.29, 1.82) is 0 Å². The van der Waals surface area contributed by atoms with Crippen molar-refractivity contribution in [3.8, 4) is 16.9 Å². The maximum atomic E-state index is 12.9. The predicted octanol–water partition coefficient (Wildman–Crippen LogP) is 6.70. The molecule has 5 rings (SSSR count). The van der Waals surface area contributed by atoms with Gasteiger partial charge in [-0.25, -0.2) is 0 Å². The molecule has 0 radical (unpaired) electrons. The Hall–Kier alpha value is -4.12. The molecule has 0 aliphatic carbocycles. The number of carbonyl (C=O) groups excluding carboxylic acids is 1. The molecule has 0 fully saturated rings. The molecule has 5 aromatic rings. The van der Waals surface area contributed by atoms with E-state index in [2.05, 4.69) is 77.4 Å². The lowest BCUT2D eigenvalue weighted by Crippen LogP contribution is -2.24. The minimum atomic E-state index is 0.00822. The first-order valence-corrected chi connectivity index (χ1v) is 12.5. The van der Waals surface area contributed by atoms with Gasteiger partial charge in [0, 0.05) is 41.3 Å². The zero-order chi connectivity index (χ0) is 25.1. The van der Waals surface area contributed by atoms with E-state index in [1.807, 2.05) is 43.5 Å². The van der Waals surface area contributed by atoms with Crippen LogP contribution in [0.4, 0.5) is 0 Å². The number of fused-ring (bicyclic) bond motifs is 2. The van der Waals surface area contributed by atoms with Crippen molar-refractivity contribution in [2.75, 3.05) is 6.61 Å². The van der Waals surface area contributed by atoms with Crippen LogP contribution in [-0.4, -0.2) is 22.1 Å². The Labute approximate surface area is 211 Å². The molecule has 2 aromatic heterocycles. The minimum absolute atomic E-state index is 0.00822. The fourth-order valence-electron chi connectivity index (χ4n) is 4.63. The van der Waals surface area contributed by atoms with Gasteiger partial charge in [-0.15, -0.1) is 0 Å². The summed E-state index contributed by atoms with van der Waals surface area (Å²) in [5.41, 5.74) is 6.48. The Bertz CT molecular complexity index is 1520. The van der Waals surface area contributed by atoms with Gasteiger partial charge in [0.15, 0.2) is 0 Å². The number of nitrogens with one attached hydrogen (secondary N) is 1. The summed E-state index contributed by atoms with van der Waals surface area (Å²) >= 11 is 0. The highest BCUT2D eigenvalue weighted by atomic mass is 16.5. The van der Waals surface area contributed by atoms with Gasteiger partial charge in [0.25, 0.3) is 0 Å². The summed E-state index contributed by atoms with van der Waals surface area (Å²) in [5.74, 6) is 0.849. The van der Waals surface area contributed by atoms with Gasteiger partial charge in [0.1, 0.15) is 5.75 Å². The molecule has 0 unspecified atom stereocenters. The van der Waals surface area contributed by atoms with Gasteiger partial charge in [-0.3, -0.25) is 9.78 Å². The zero-order valence-electron chi connectivity index (χ0n) is 21.0. The van der Waals surface area contributed by atoms with Crippen molar-refractivity contribution in [3.05, 3.63) is 96.3 Å². The second-order valence-corrected chi connectivity index (χ2v) is 9.33. The molecule has 5 nitrogen and oxygen atoms in total. The van der Waals surface area contributed by atoms with Crippen molar-refractivity contribution in [2.24, 2.45) is 0 Å². The van der Waals surface area contributed by atoms with Crippen molar-refractivity contribution < 1.29 is 9.53 Å². The van der Waals surface area contributed by atoms with Crippen molar-refractivity contribution >= 4 is 27.7 Å². The standard InChI is InChI=1S/C31H31N3O2/c1-4-36-27-11-7-22(8-12-27)19-33-31(35)18-26-20-34(21(2)3)30-14-10-24(17-28(26)30)23-9-13-29-25(16-23)6-5-15-32-29/h5-17,20-21H,4,18-19H2,1-3H3,(H,33,35). The number of amides is 1. The van der Waals surface area contributed by atoms with Crippen LogP contribution >= 0.6 is 0 Å². The number of pyridine rings is 1. The van der Waals surface area contributed by atoms with Gasteiger partial charge in [0.2, 0.25) is 5.91 Å². The topological polar surface area (TPSA) is 56.1 Å². The third-order valence-electron chi connectivity index (χ3n) is 6.48. The van der Waals surface area contributed by atoms with Gasteiger partial charge in [0.05, 0.1) is 18.5 Å². The molecular formula is C31H31N3O2. The number of nitrogens with zero attached hydrogens (tertiary/aromatic N) is 2. The van der Waals surface area contributed by atoms with Crippen molar-refractivity contribution in [3.63, 3.8) is 0 Å². The highest BCUT2D eigenvalue weighted by molar-refractivity contribution is 5.93. The zero-order valence-corrected chi connectivity index (χ0v) is 21.0. The number of aromatic nitrogens is 2. The molecule has 0 saturated carbocycles. The minimum Gasteiger partial charge on any atom is -0.494 e. The van der Waals surface area contributed by atoms with Gasteiger partial charge in [-0.05, 0) is 85.5 Å². The number of hydrogen-bond donors (Lipinski definition) is 1. The molecule has 2 heterocycles. The van der Waals surface area contributed by atoms with Gasteiger partial charge in [-0.2, -0.15) is 0 Å². The molecule has 1 N–H and O–H groups in total. The van der Waals surface area contributed by atoms with Crippen LogP contribution in [0.2, 0.25) is 0 Å². The predicted molar refractivity (Wildman–Crippen MR) is 146 cm³/mol. The molecule has 0 spiro atoms. The molecule has 5 heteroatoms. The lowest BCUT2D eigenvalue weighted by molar-refractivity contribution is -0.120. The number of carbonyl (C=O) groups is 1. The van der Waals surface area contributed by atoms with Gasteiger partial charge >= 0.3 is 0 Å². The second kappa shape index (κ2) is 10.2. The van der Waals surface area contributed by atoms with Gasteiger partial charge < -0.3 is 14.6 Å². The molecule has 0 bridgehead atoms. The molecular weight excluding hydrogens is 446 g/mol. The molecule has 182 valence electrons. The lowest BCUT2D eigenvalue weighted by atomic mass is 10.00. The summed E-state index contributed by atoms with van der Waals surface area (Å²) in [4.78, 5) is 17.4. The van der Waals surface area contributed by atoms with Crippen molar-refractivity contribution in [1.82, 2.24) is 14.9 Å². The number of hydrogen-bond acceptors (Lipinski definition) is 3. The SMILES string of the molecule is CCOc1ccc(CNC(=O)Cc2cn(C(C)C)c3ccc(-c4ccc5ncccc5c4)cc23)cc1. The Morgan fingerprint density at radius 1 is 1.00 bits per heavy atom. The first-order valence-electron chi connectivity index (χ1n) is 12.5. The summed E-state index contributed by atoms with van der Waals surface area (Å²) < 4.78 is 7.75. The Kier molecular flexibility index (Phi) is 6.72. The molecule has 0 aliphatic heterocycles. The van der Waals surface area contributed by atoms with Crippen LogP contribution in [0, 0.1) is 0 Å². The maximum Gasteiger partial charge on any atom is 0.224 e. The van der Waals surface area contributed by atoms with E-state index < -0.39 is 0 Å². The highest BCUT2D eigenvalue weighted by Gasteiger charge is 2.15. The van der Waals surface area contributed by atoms with Crippen LogP contribution in [0.3, 0.4) is 0 Å². The van der Waals surface area contributed by atoms with E-state index >= 15 is 0 Å². The van der Waals surface area contributed by atoms with Crippen LogP contribution in [0.25, 0.3) is 32.9 Å². The summed E-state index contributed by atoms with van der Waals surface area (Å²) in [6, 6.07) is 25.1. The molecule has 3 aromatic carbocycles. The first-order chi connectivity index (χ1) is 17.5. The monoisotopic (exact) mass is 477 g/mol. The fraction of sp³-hybridized carbons (Fsp3) is 0.226. The highest BCUT2D eigenvalue weighted by Crippen LogP contribution is 2.31. The van der Waals surface area contributed by atoms with Crippen LogP contribution in [0.15, 0.2) is 85.2 Å². The van der Waals surface area contributed by atoms with Crippen LogP contribution in [0.5, 0.6) is 5.75 Å². The van der Waals surface area contributed by atoms with E-state index in [1.54, 1.807) is 0 Å². The fourth-order valence-corrected chi connectivity index (χ4v) is 4.63. The van der Waals surface area contributed by atoms with E-state index in [0.29, 0.717) is 25.6 Å². The average molecular weight is 478 g/mol. The average Bonchev–Trinajstić information content (AvgIpc) is 3.26. The summed E-state index contributed by atoms with van der Waals surface area (Å²) in [7, 11) is 0. The quantitative estimate of drug-likeness (QED) is 0.271. The Balaban J connectivity index is 1.39. The second-order valence-electron chi connectivity index (χ2n) is 9.33. The number of rotatable bonds is 8. The van der Waals surface area contributed by atoms with E-state index in [-0.39, 0.29) is 5.91 Å². The normalized spacial score (nSPS) is 11.3. The molecule has 0 aliphatic rings. The van der Waals surface area contributed by atoms with E-state index in [0.717, 1.165) is 49.8 Å². The molecule has 0 atom stereocenters. The Morgan fingerprint density at radius 2 is 1.78 bits per heavy atom. The molecule has 36 heavy (non-hydrogen) atoms. The van der Waals surface area contributed by atoms with Gasteiger partial charge in [-0.1, -0.05) is 30.3 Å². The third-order valence-corrected chi connectivity index (χ3v) is 6.48. The first kappa shape index (κ1) is 23.6. The summed E-state index contributed by atoms with van der Waals surface area (Å²) in [6.45, 7) is 7.43. The maximum absolute atomic E-state index is 12.9. The third kappa shape index (κ3) is 4.96. The number of ether oxygens (including phenoxy) is 1. The van der Waals surface area contributed by atoms with Crippen LogP contribution in [-0.2, 0) is 17.8 Å². The van der Waals surface area contributed by atoms with Crippen LogP contribution < -0.4 is 10.1 Å². The summed E-state index contributed by atoms with van der Waals surface area (Å²) in [5, 5.41) is 5.30. The van der Waals surface area contributed by atoms with Crippen molar-refractivity contribution in [2.45, 2.75) is 39.8 Å². The smallest absolute Gasteiger partial charge is 0.224 e. The van der Waals surface area contributed by atoms with E-state index in [4.69, 9.17) is 4.74 Å². The van der Waals surface area contributed by atoms with E-state index in [1.165, 1.54) is 0 Å². The van der Waals surface area contributed by atoms with E-state index in [9.17, 15) is 4.79 Å². The molecule has 1 amide bonds.